The van der Waals surface area contributed by atoms with Gasteiger partial charge in [0.1, 0.15) is 0 Å². The summed E-state index contributed by atoms with van der Waals surface area (Å²) in [5, 5.41) is 11.5. The van der Waals surface area contributed by atoms with Gasteiger partial charge in [-0.25, -0.2) is 0 Å². The highest BCUT2D eigenvalue weighted by Gasteiger charge is 2.09. The highest BCUT2D eigenvalue weighted by molar-refractivity contribution is 7.25. The molecule has 0 bridgehead atoms. The van der Waals surface area contributed by atoms with Gasteiger partial charge in [-0.2, -0.15) is 0 Å². The number of rotatable bonds is 5. The summed E-state index contributed by atoms with van der Waals surface area (Å²) in [6.07, 6.45) is 2.11. The highest BCUT2D eigenvalue weighted by atomic mass is 32.1. The Hall–Kier alpha value is -1.87. The van der Waals surface area contributed by atoms with Gasteiger partial charge in [0.15, 0.2) is 0 Å². The zero-order valence-corrected chi connectivity index (χ0v) is 12.8. The number of aliphatic carboxylic acids is 1. The third-order valence-corrected chi connectivity index (χ3v) is 5.04. The first-order chi connectivity index (χ1) is 10.1. The minimum absolute atomic E-state index is 0.220. The molecule has 2 nitrogen and oxygen atoms in total. The Morgan fingerprint density at radius 1 is 1.14 bits per heavy atom. The minimum Gasteiger partial charge on any atom is -0.481 e. The lowest BCUT2D eigenvalue weighted by molar-refractivity contribution is -0.138. The minimum atomic E-state index is -0.707. The summed E-state index contributed by atoms with van der Waals surface area (Å²) < 4.78 is 2.64. The van der Waals surface area contributed by atoms with Crippen LogP contribution >= 0.6 is 11.3 Å². The summed E-state index contributed by atoms with van der Waals surface area (Å²) in [7, 11) is 0. The Bertz CT molecular complexity index is 788. The van der Waals surface area contributed by atoms with Crippen molar-refractivity contribution >= 4 is 37.5 Å². The number of hydrogen-bond donors (Lipinski definition) is 1. The monoisotopic (exact) mass is 298 g/mol. The van der Waals surface area contributed by atoms with Crippen molar-refractivity contribution < 1.29 is 9.90 Å². The summed E-state index contributed by atoms with van der Waals surface area (Å²) in [5.74, 6) is -0.487. The molecule has 1 atom stereocenters. The molecule has 0 aliphatic rings. The Morgan fingerprint density at radius 2 is 1.90 bits per heavy atom. The Labute approximate surface area is 128 Å². The van der Waals surface area contributed by atoms with Crippen molar-refractivity contribution in [3.05, 3.63) is 48.0 Å². The molecule has 2 aromatic carbocycles. The van der Waals surface area contributed by atoms with Gasteiger partial charge in [0.2, 0.25) is 0 Å². The molecule has 1 heterocycles. The summed E-state index contributed by atoms with van der Waals surface area (Å²) in [5.41, 5.74) is 1.29. The Kier molecular flexibility index (Phi) is 3.93. The lowest BCUT2D eigenvalue weighted by atomic mass is 9.97. The van der Waals surface area contributed by atoms with Gasteiger partial charge in [-0.05, 0) is 42.5 Å². The lowest BCUT2D eigenvalue weighted by Crippen LogP contribution is -2.05. The second kappa shape index (κ2) is 5.86. The second-order valence-electron chi connectivity index (χ2n) is 5.67. The van der Waals surface area contributed by atoms with Crippen LogP contribution < -0.4 is 0 Å². The van der Waals surface area contributed by atoms with E-state index in [0.29, 0.717) is 0 Å². The zero-order valence-electron chi connectivity index (χ0n) is 12.0. The van der Waals surface area contributed by atoms with Crippen LogP contribution in [0.25, 0.3) is 20.2 Å². The van der Waals surface area contributed by atoms with Crippen molar-refractivity contribution in [3.8, 4) is 0 Å². The lowest BCUT2D eigenvalue weighted by Gasteiger charge is -2.08. The van der Waals surface area contributed by atoms with E-state index in [1.54, 1.807) is 0 Å². The first-order valence-electron chi connectivity index (χ1n) is 7.25. The van der Waals surface area contributed by atoms with Crippen molar-refractivity contribution in [2.24, 2.45) is 5.92 Å². The van der Waals surface area contributed by atoms with Crippen LogP contribution in [0, 0.1) is 5.92 Å². The molecule has 108 valence electrons. The van der Waals surface area contributed by atoms with E-state index in [1.165, 1.54) is 25.7 Å². The van der Waals surface area contributed by atoms with Gasteiger partial charge in [0.25, 0.3) is 0 Å². The van der Waals surface area contributed by atoms with Crippen LogP contribution in [0.4, 0.5) is 0 Å². The average Bonchev–Trinajstić information content (AvgIpc) is 2.82. The molecule has 1 aromatic heterocycles. The maximum Gasteiger partial charge on any atom is 0.303 e. The SMILES string of the molecule is C[C@H](CCc1ccc2sc3ccccc3c2c1)CC(=O)O. The molecule has 3 aromatic rings. The molecule has 0 spiro atoms. The van der Waals surface area contributed by atoms with Crippen molar-refractivity contribution in [2.75, 3.05) is 0 Å². The van der Waals surface area contributed by atoms with Crippen LogP contribution in [-0.4, -0.2) is 11.1 Å². The summed E-state index contributed by atoms with van der Waals surface area (Å²) in [6.45, 7) is 2.01. The van der Waals surface area contributed by atoms with Crippen molar-refractivity contribution in [1.82, 2.24) is 0 Å². The number of carboxylic acids is 1. The van der Waals surface area contributed by atoms with Gasteiger partial charge in [-0.1, -0.05) is 31.2 Å². The molecule has 1 N–H and O–H groups in total. The third-order valence-electron chi connectivity index (χ3n) is 3.89. The first-order valence-corrected chi connectivity index (χ1v) is 8.07. The summed E-state index contributed by atoms with van der Waals surface area (Å²) in [4.78, 5) is 10.7. The summed E-state index contributed by atoms with van der Waals surface area (Å²) >= 11 is 1.83. The number of fused-ring (bicyclic) bond motifs is 3. The van der Waals surface area contributed by atoms with Crippen LogP contribution in [0.15, 0.2) is 42.5 Å². The smallest absolute Gasteiger partial charge is 0.303 e. The molecule has 0 amide bonds. The maximum absolute atomic E-state index is 10.7. The molecule has 21 heavy (non-hydrogen) atoms. The van der Waals surface area contributed by atoms with Crippen molar-refractivity contribution in [2.45, 2.75) is 26.2 Å². The standard InChI is InChI=1S/C18H18O2S/c1-12(10-18(19)20)6-7-13-8-9-17-15(11-13)14-4-2-3-5-16(14)21-17/h2-5,8-9,11-12H,6-7,10H2,1H3,(H,19,20)/t12-/m1/s1. The number of hydrogen-bond acceptors (Lipinski definition) is 2. The fraction of sp³-hybridized carbons (Fsp3) is 0.278. The molecule has 0 fully saturated rings. The Morgan fingerprint density at radius 3 is 2.71 bits per heavy atom. The average molecular weight is 298 g/mol. The topological polar surface area (TPSA) is 37.3 Å². The fourth-order valence-electron chi connectivity index (χ4n) is 2.74. The van der Waals surface area contributed by atoms with E-state index in [2.05, 4.69) is 42.5 Å². The molecular formula is C18H18O2S. The molecule has 3 rings (SSSR count). The van der Waals surface area contributed by atoms with Crippen molar-refractivity contribution in [1.29, 1.82) is 0 Å². The van der Waals surface area contributed by atoms with E-state index in [4.69, 9.17) is 5.11 Å². The number of carbonyl (C=O) groups is 1. The molecular weight excluding hydrogens is 280 g/mol. The largest absolute Gasteiger partial charge is 0.481 e. The molecule has 0 saturated carbocycles. The fourth-order valence-corrected chi connectivity index (χ4v) is 3.83. The predicted molar refractivity (Wildman–Crippen MR) is 89.1 cm³/mol. The van der Waals surface area contributed by atoms with Gasteiger partial charge < -0.3 is 5.11 Å². The van der Waals surface area contributed by atoms with E-state index < -0.39 is 5.97 Å². The Balaban J connectivity index is 1.83. The van der Waals surface area contributed by atoms with Crippen LogP contribution in [0.1, 0.15) is 25.3 Å². The van der Waals surface area contributed by atoms with Crippen LogP contribution in [-0.2, 0) is 11.2 Å². The number of aryl methyl sites for hydroxylation is 1. The number of carboxylic acid groups (broad SMARTS) is 1. The van der Waals surface area contributed by atoms with Gasteiger partial charge in [-0.15, -0.1) is 11.3 Å². The van der Waals surface area contributed by atoms with E-state index in [1.807, 2.05) is 18.3 Å². The number of thiophene rings is 1. The summed E-state index contributed by atoms with van der Waals surface area (Å²) in [6, 6.07) is 15.1. The first kappa shape index (κ1) is 14.1. The molecule has 0 unspecified atom stereocenters. The van der Waals surface area contributed by atoms with E-state index >= 15 is 0 Å². The van der Waals surface area contributed by atoms with Crippen LogP contribution in [0.3, 0.4) is 0 Å². The third kappa shape index (κ3) is 3.08. The predicted octanol–water partition coefficient (Wildman–Crippen LogP) is 5.10. The molecule has 0 aliphatic heterocycles. The van der Waals surface area contributed by atoms with Gasteiger partial charge in [-0.3, -0.25) is 4.79 Å². The second-order valence-corrected chi connectivity index (χ2v) is 6.75. The number of benzene rings is 2. The van der Waals surface area contributed by atoms with Crippen LogP contribution in [0.5, 0.6) is 0 Å². The normalized spacial score (nSPS) is 12.8. The zero-order chi connectivity index (χ0) is 14.8. The van der Waals surface area contributed by atoms with Crippen molar-refractivity contribution in [3.63, 3.8) is 0 Å². The quantitative estimate of drug-likeness (QED) is 0.711. The van der Waals surface area contributed by atoms with Crippen LogP contribution in [0.2, 0.25) is 0 Å². The van der Waals surface area contributed by atoms with Gasteiger partial charge in [0.05, 0.1) is 0 Å². The molecule has 3 heteroatoms. The highest BCUT2D eigenvalue weighted by Crippen LogP contribution is 2.34. The molecule has 0 radical (unpaired) electrons. The van der Waals surface area contributed by atoms with Gasteiger partial charge in [0, 0.05) is 26.6 Å². The van der Waals surface area contributed by atoms with E-state index in [-0.39, 0.29) is 12.3 Å². The molecule has 0 aliphatic carbocycles. The van der Waals surface area contributed by atoms with Gasteiger partial charge >= 0.3 is 5.97 Å². The van der Waals surface area contributed by atoms with E-state index in [0.717, 1.165) is 12.8 Å². The molecule has 0 saturated heterocycles. The van der Waals surface area contributed by atoms with E-state index in [9.17, 15) is 4.79 Å². The maximum atomic E-state index is 10.7.